The second kappa shape index (κ2) is 4.18. The molecular weight excluding hydrogens is 212 g/mol. The third kappa shape index (κ3) is 2.11. The minimum Gasteiger partial charge on any atom is -0.341 e. The van der Waals surface area contributed by atoms with Crippen molar-refractivity contribution in [2.45, 2.75) is 19.4 Å². The van der Waals surface area contributed by atoms with E-state index in [1.165, 1.54) is 0 Å². The van der Waals surface area contributed by atoms with Crippen molar-refractivity contribution in [1.29, 1.82) is 5.26 Å². The molecule has 2 N–H and O–H groups in total. The maximum Gasteiger partial charge on any atom is 0.325 e. The zero-order valence-electron chi connectivity index (χ0n) is 9.03. The van der Waals surface area contributed by atoms with Gasteiger partial charge in [0, 0.05) is 0 Å². The fourth-order valence-electron chi connectivity index (χ4n) is 1.30. The Kier molecular flexibility index (Phi) is 3.13. The molecule has 0 aromatic rings. The molecule has 0 unspecified atom stereocenters. The van der Waals surface area contributed by atoms with Gasteiger partial charge < -0.3 is 10.2 Å². The van der Waals surface area contributed by atoms with Crippen LogP contribution in [0.5, 0.6) is 0 Å². The molecule has 4 amide bonds. The van der Waals surface area contributed by atoms with Gasteiger partial charge in [0.05, 0.1) is 6.07 Å². The van der Waals surface area contributed by atoms with Crippen LogP contribution in [0.25, 0.3) is 0 Å². The maximum atomic E-state index is 11.4. The molecule has 86 valence electrons. The Morgan fingerprint density at radius 3 is 2.62 bits per heavy atom. The molecule has 1 rings (SSSR count). The van der Waals surface area contributed by atoms with E-state index in [0.717, 1.165) is 4.90 Å². The molecule has 0 aromatic heterocycles. The van der Waals surface area contributed by atoms with Gasteiger partial charge in [-0.25, -0.2) is 4.79 Å². The number of carbonyl (C=O) groups is 3. The number of imide groups is 1. The van der Waals surface area contributed by atoms with Crippen LogP contribution in [0.15, 0.2) is 0 Å². The number of hydrogen-bond donors (Lipinski definition) is 2. The third-order valence-corrected chi connectivity index (χ3v) is 2.36. The third-order valence-electron chi connectivity index (χ3n) is 2.36. The molecule has 0 aliphatic carbocycles. The lowest BCUT2D eigenvalue weighted by Gasteiger charge is -2.26. The molecule has 0 aromatic carbocycles. The minimum absolute atomic E-state index is 0.122. The van der Waals surface area contributed by atoms with Crippen LogP contribution in [0.1, 0.15) is 13.8 Å². The standard InChI is InChI=1S/C9H12N4O3/c1-9(2)7(15)12-8(16)13(9)5-6(14)11-4-3-10/h4-5H2,1-2H3,(H,11,14)(H,12,15,16). The number of hydrogen-bond acceptors (Lipinski definition) is 4. The summed E-state index contributed by atoms with van der Waals surface area (Å²) in [7, 11) is 0. The zero-order chi connectivity index (χ0) is 12.3. The quantitative estimate of drug-likeness (QED) is 0.472. The molecule has 0 bridgehead atoms. The van der Waals surface area contributed by atoms with Gasteiger partial charge in [0.25, 0.3) is 5.91 Å². The molecule has 0 spiro atoms. The van der Waals surface area contributed by atoms with Gasteiger partial charge in [-0.2, -0.15) is 5.26 Å². The Hall–Kier alpha value is -2.10. The molecule has 1 fully saturated rings. The van der Waals surface area contributed by atoms with E-state index < -0.39 is 23.4 Å². The fraction of sp³-hybridized carbons (Fsp3) is 0.556. The summed E-state index contributed by atoms with van der Waals surface area (Å²) in [6, 6.07) is 1.15. The Morgan fingerprint density at radius 1 is 1.56 bits per heavy atom. The number of nitrogens with one attached hydrogen (secondary N) is 2. The molecular formula is C9H12N4O3. The lowest BCUT2D eigenvalue weighted by molar-refractivity contribution is -0.127. The van der Waals surface area contributed by atoms with Gasteiger partial charge in [0.15, 0.2) is 0 Å². The Labute approximate surface area is 92.4 Å². The lowest BCUT2D eigenvalue weighted by Crippen LogP contribution is -2.48. The van der Waals surface area contributed by atoms with Gasteiger partial charge >= 0.3 is 6.03 Å². The molecule has 0 radical (unpaired) electrons. The molecule has 1 heterocycles. The Bertz CT molecular complexity index is 383. The highest BCUT2D eigenvalue weighted by molar-refractivity contribution is 6.07. The number of nitriles is 1. The minimum atomic E-state index is -1.04. The Morgan fingerprint density at radius 2 is 2.19 bits per heavy atom. The summed E-state index contributed by atoms with van der Waals surface area (Å²) in [6.07, 6.45) is 0. The van der Waals surface area contributed by atoms with Crippen LogP contribution in [0, 0.1) is 11.3 Å². The smallest absolute Gasteiger partial charge is 0.325 e. The second-order valence-corrected chi connectivity index (χ2v) is 3.84. The SMILES string of the molecule is CC1(C)C(=O)NC(=O)N1CC(=O)NCC#N. The molecule has 7 nitrogen and oxygen atoms in total. The van der Waals surface area contributed by atoms with Crippen LogP contribution in [-0.4, -0.2) is 41.4 Å². The van der Waals surface area contributed by atoms with Crippen molar-refractivity contribution in [2.24, 2.45) is 0 Å². The normalized spacial score (nSPS) is 17.9. The predicted octanol–water partition coefficient (Wildman–Crippen LogP) is -1.04. The summed E-state index contributed by atoms with van der Waals surface area (Å²) >= 11 is 0. The highest BCUT2D eigenvalue weighted by Gasteiger charge is 2.46. The first kappa shape index (κ1) is 12.0. The maximum absolute atomic E-state index is 11.4. The molecule has 1 saturated heterocycles. The van der Waals surface area contributed by atoms with Gasteiger partial charge in [0.1, 0.15) is 18.6 Å². The summed E-state index contributed by atoms with van der Waals surface area (Å²) in [4.78, 5) is 35.1. The topological polar surface area (TPSA) is 102 Å². The summed E-state index contributed by atoms with van der Waals surface area (Å²) in [5, 5.41) is 12.7. The van der Waals surface area contributed by atoms with Crippen molar-refractivity contribution in [3.8, 4) is 6.07 Å². The van der Waals surface area contributed by atoms with Crippen molar-refractivity contribution < 1.29 is 14.4 Å². The van der Waals surface area contributed by atoms with E-state index in [1.54, 1.807) is 19.9 Å². The average Bonchev–Trinajstić information content (AvgIpc) is 2.38. The number of amides is 4. The van der Waals surface area contributed by atoms with Crippen molar-refractivity contribution in [2.75, 3.05) is 13.1 Å². The first-order valence-electron chi connectivity index (χ1n) is 4.66. The van der Waals surface area contributed by atoms with E-state index in [1.807, 2.05) is 0 Å². The molecule has 1 aliphatic heterocycles. The van der Waals surface area contributed by atoms with Crippen LogP contribution in [0.3, 0.4) is 0 Å². The van der Waals surface area contributed by atoms with Crippen molar-refractivity contribution in [3.05, 3.63) is 0 Å². The first-order valence-corrected chi connectivity index (χ1v) is 4.66. The Balaban J connectivity index is 2.67. The average molecular weight is 224 g/mol. The van der Waals surface area contributed by atoms with E-state index in [9.17, 15) is 14.4 Å². The van der Waals surface area contributed by atoms with Gasteiger partial charge in [-0.3, -0.25) is 14.9 Å². The second-order valence-electron chi connectivity index (χ2n) is 3.84. The summed E-state index contributed by atoms with van der Waals surface area (Å²) < 4.78 is 0. The number of rotatable bonds is 3. The highest BCUT2D eigenvalue weighted by atomic mass is 16.2. The highest BCUT2D eigenvalue weighted by Crippen LogP contribution is 2.19. The van der Waals surface area contributed by atoms with Crippen LogP contribution in [0.4, 0.5) is 4.79 Å². The van der Waals surface area contributed by atoms with E-state index in [0.29, 0.717) is 0 Å². The van der Waals surface area contributed by atoms with E-state index in [4.69, 9.17) is 5.26 Å². The lowest BCUT2D eigenvalue weighted by atomic mass is 10.0. The molecule has 7 heteroatoms. The van der Waals surface area contributed by atoms with E-state index in [2.05, 4.69) is 10.6 Å². The molecule has 16 heavy (non-hydrogen) atoms. The van der Waals surface area contributed by atoms with Crippen LogP contribution >= 0.6 is 0 Å². The fourth-order valence-corrected chi connectivity index (χ4v) is 1.30. The van der Waals surface area contributed by atoms with E-state index >= 15 is 0 Å². The van der Waals surface area contributed by atoms with Crippen LogP contribution < -0.4 is 10.6 Å². The van der Waals surface area contributed by atoms with E-state index in [-0.39, 0.29) is 13.1 Å². The number of urea groups is 1. The van der Waals surface area contributed by atoms with Crippen molar-refractivity contribution >= 4 is 17.8 Å². The van der Waals surface area contributed by atoms with Gasteiger partial charge in [-0.15, -0.1) is 0 Å². The molecule has 1 aliphatic rings. The number of carbonyl (C=O) groups excluding carboxylic acids is 3. The van der Waals surface area contributed by atoms with Crippen LogP contribution in [-0.2, 0) is 9.59 Å². The molecule has 0 saturated carbocycles. The van der Waals surface area contributed by atoms with Gasteiger partial charge in [-0.1, -0.05) is 0 Å². The van der Waals surface area contributed by atoms with Crippen molar-refractivity contribution in [3.63, 3.8) is 0 Å². The largest absolute Gasteiger partial charge is 0.341 e. The predicted molar refractivity (Wildman–Crippen MR) is 52.9 cm³/mol. The van der Waals surface area contributed by atoms with Gasteiger partial charge in [0.2, 0.25) is 5.91 Å². The summed E-state index contributed by atoms with van der Waals surface area (Å²) in [6.45, 7) is 2.73. The molecule has 0 atom stereocenters. The monoisotopic (exact) mass is 224 g/mol. The summed E-state index contributed by atoms with van der Waals surface area (Å²) in [5.41, 5.74) is -1.04. The van der Waals surface area contributed by atoms with Crippen LogP contribution in [0.2, 0.25) is 0 Å². The van der Waals surface area contributed by atoms with Crippen molar-refractivity contribution in [1.82, 2.24) is 15.5 Å². The first-order chi connectivity index (χ1) is 7.39. The summed E-state index contributed by atoms with van der Waals surface area (Å²) in [5.74, 6) is -0.912. The number of nitrogens with zero attached hydrogens (tertiary/aromatic N) is 2. The van der Waals surface area contributed by atoms with Gasteiger partial charge in [-0.05, 0) is 13.8 Å². The zero-order valence-corrected chi connectivity index (χ0v) is 9.03.